The molecule has 0 aliphatic carbocycles. The third kappa shape index (κ3) is 7.28. The van der Waals surface area contributed by atoms with Crippen molar-refractivity contribution >= 4 is 35.6 Å². The van der Waals surface area contributed by atoms with Gasteiger partial charge in [-0.1, -0.05) is 26.0 Å². The fourth-order valence-electron chi connectivity index (χ4n) is 2.49. The zero-order valence-electron chi connectivity index (χ0n) is 16.7. The molecule has 0 heterocycles. The monoisotopic (exact) mass is 483 g/mol. The number of nitrogens with zero attached hydrogens (tertiary/aromatic N) is 1. The second-order valence-corrected chi connectivity index (χ2v) is 7.13. The minimum atomic E-state index is -0.131. The lowest BCUT2D eigenvalue weighted by atomic mass is 9.85. The van der Waals surface area contributed by atoms with Crippen LogP contribution in [-0.2, 0) is 5.41 Å². The van der Waals surface area contributed by atoms with Crippen LogP contribution in [0.2, 0.25) is 0 Å². The third-order valence-corrected chi connectivity index (χ3v) is 4.01. The number of guanidine groups is 1. The second-order valence-electron chi connectivity index (χ2n) is 7.13. The molecule has 5 nitrogen and oxygen atoms in total. The molecule has 0 aromatic heterocycles. The number of methoxy groups -OCH3 is 1. The van der Waals surface area contributed by atoms with Crippen LogP contribution in [0.25, 0.3) is 0 Å². The first kappa shape index (κ1) is 23.1. The van der Waals surface area contributed by atoms with E-state index in [1.54, 1.807) is 7.11 Å². The Morgan fingerprint density at radius 2 is 1.59 bits per heavy atom. The lowest BCUT2D eigenvalue weighted by molar-refractivity contribution is 0.242. The molecule has 0 bridgehead atoms. The Morgan fingerprint density at radius 1 is 1.04 bits per heavy atom. The Labute approximate surface area is 179 Å². The Morgan fingerprint density at radius 3 is 2.11 bits per heavy atom. The van der Waals surface area contributed by atoms with E-state index in [2.05, 4.69) is 36.3 Å². The number of nitrogens with one attached hydrogen (secondary N) is 1. The molecule has 2 rings (SSSR count). The minimum absolute atomic E-state index is 0. The van der Waals surface area contributed by atoms with Crippen molar-refractivity contribution < 1.29 is 9.47 Å². The zero-order chi connectivity index (χ0) is 19.2. The van der Waals surface area contributed by atoms with Crippen molar-refractivity contribution in [2.75, 3.05) is 19.0 Å². The van der Waals surface area contributed by atoms with Gasteiger partial charge in [0.05, 0.1) is 19.8 Å². The summed E-state index contributed by atoms with van der Waals surface area (Å²) in [4.78, 5) is 4.50. The Balaban J connectivity index is 0.00000364. The van der Waals surface area contributed by atoms with E-state index in [1.807, 2.05) is 50.2 Å². The highest BCUT2D eigenvalue weighted by molar-refractivity contribution is 14.0. The maximum Gasteiger partial charge on any atom is 0.193 e. The average molecular weight is 483 g/mol. The van der Waals surface area contributed by atoms with Crippen molar-refractivity contribution in [3.05, 3.63) is 54.1 Å². The molecule has 0 radical (unpaired) electrons. The molecular formula is C21H30IN3O2. The molecule has 0 saturated heterocycles. The van der Waals surface area contributed by atoms with E-state index in [0.29, 0.717) is 12.5 Å². The van der Waals surface area contributed by atoms with E-state index in [-0.39, 0.29) is 35.5 Å². The molecule has 3 N–H and O–H groups in total. The van der Waals surface area contributed by atoms with Gasteiger partial charge < -0.3 is 20.5 Å². The van der Waals surface area contributed by atoms with E-state index < -0.39 is 0 Å². The molecular weight excluding hydrogens is 453 g/mol. The summed E-state index contributed by atoms with van der Waals surface area (Å²) >= 11 is 0. The van der Waals surface area contributed by atoms with Gasteiger partial charge in [-0.2, -0.15) is 0 Å². The van der Waals surface area contributed by atoms with Crippen molar-refractivity contribution in [2.45, 2.75) is 39.2 Å². The molecule has 2 aromatic carbocycles. The number of halogens is 1. The summed E-state index contributed by atoms with van der Waals surface area (Å²) in [6, 6.07) is 15.7. The number of rotatable bonds is 7. The molecule has 0 aliphatic heterocycles. The van der Waals surface area contributed by atoms with Crippen molar-refractivity contribution in [1.82, 2.24) is 0 Å². The first-order valence-corrected chi connectivity index (χ1v) is 8.78. The van der Waals surface area contributed by atoms with Gasteiger partial charge in [0, 0.05) is 11.1 Å². The summed E-state index contributed by atoms with van der Waals surface area (Å²) in [6.07, 6.45) is 0.153. The van der Waals surface area contributed by atoms with Crippen LogP contribution in [0.1, 0.15) is 33.3 Å². The van der Waals surface area contributed by atoms with Gasteiger partial charge in [-0.05, 0) is 55.8 Å². The summed E-state index contributed by atoms with van der Waals surface area (Å²) in [5.74, 6) is 2.07. The van der Waals surface area contributed by atoms with Crippen LogP contribution in [0.4, 0.5) is 5.69 Å². The fraction of sp³-hybridized carbons (Fsp3) is 0.381. The minimum Gasteiger partial charge on any atom is -0.497 e. The zero-order valence-corrected chi connectivity index (χ0v) is 19.0. The van der Waals surface area contributed by atoms with Crippen LogP contribution in [0, 0.1) is 0 Å². The maximum atomic E-state index is 6.04. The molecule has 0 atom stereocenters. The first-order valence-electron chi connectivity index (χ1n) is 8.78. The van der Waals surface area contributed by atoms with Gasteiger partial charge in [0.15, 0.2) is 5.96 Å². The highest BCUT2D eigenvalue weighted by Gasteiger charge is 2.20. The standard InChI is InChI=1S/C21H29N3O2.HI/c1-15(2)26-19-12-8-17(9-13-19)24-20(22)23-14-21(3,4)16-6-10-18(25-5)11-7-16;/h6-13,15H,14H2,1-5H3,(H3,22,23,24);1H. The van der Waals surface area contributed by atoms with Crippen LogP contribution in [0.5, 0.6) is 11.5 Å². The smallest absolute Gasteiger partial charge is 0.193 e. The number of benzene rings is 2. The summed E-state index contributed by atoms with van der Waals surface area (Å²) in [5.41, 5.74) is 7.98. The highest BCUT2D eigenvalue weighted by Crippen LogP contribution is 2.25. The topological polar surface area (TPSA) is 68.9 Å². The molecule has 0 aliphatic rings. The molecule has 0 fully saturated rings. The largest absolute Gasteiger partial charge is 0.497 e. The van der Waals surface area contributed by atoms with Gasteiger partial charge >= 0.3 is 0 Å². The molecule has 2 aromatic rings. The summed E-state index contributed by atoms with van der Waals surface area (Å²) in [5, 5.41) is 3.12. The van der Waals surface area contributed by atoms with Gasteiger partial charge in [-0.3, -0.25) is 4.99 Å². The SMILES string of the molecule is COc1ccc(C(C)(C)CN=C(N)Nc2ccc(OC(C)C)cc2)cc1.I. The van der Waals surface area contributed by atoms with E-state index >= 15 is 0 Å². The Bertz CT molecular complexity index is 726. The molecule has 0 saturated carbocycles. The van der Waals surface area contributed by atoms with E-state index in [9.17, 15) is 0 Å². The van der Waals surface area contributed by atoms with Crippen molar-refractivity contribution in [2.24, 2.45) is 10.7 Å². The summed E-state index contributed by atoms with van der Waals surface area (Å²) in [6.45, 7) is 8.86. The predicted octanol–water partition coefficient (Wildman–Crippen LogP) is 4.80. The fourth-order valence-corrected chi connectivity index (χ4v) is 2.49. The number of anilines is 1. The third-order valence-electron chi connectivity index (χ3n) is 4.01. The number of hydrogen-bond acceptors (Lipinski definition) is 3. The highest BCUT2D eigenvalue weighted by atomic mass is 127. The van der Waals surface area contributed by atoms with Crippen LogP contribution in [0.15, 0.2) is 53.5 Å². The number of hydrogen-bond donors (Lipinski definition) is 2. The molecule has 0 unspecified atom stereocenters. The van der Waals surface area contributed by atoms with Gasteiger partial charge in [0.1, 0.15) is 11.5 Å². The van der Waals surface area contributed by atoms with Crippen LogP contribution >= 0.6 is 24.0 Å². The van der Waals surface area contributed by atoms with Gasteiger partial charge in [-0.25, -0.2) is 0 Å². The number of nitrogens with two attached hydrogens (primary N) is 1. The Hall–Kier alpha value is -1.96. The van der Waals surface area contributed by atoms with E-state index in [0.717, 1.165) is 17.2 Å². The molecule has 6 heteroatoms. The molecule has 0 spiro atoms. The summed E-state index contributed by atoms with van der Waals surface area (Å²) < 4.78 is 10.8. The Kier molecular flexibility index (Phi) is 8.88. The maximum absolute atomic E-state index is 6.04. The second kappa shape index (κ2) is 10.4. The molecule has 148 valence electrons. The van der Waals surface area contributed by atoms with E-state index in [4.69, 9.17) is 15.2 Å². The summed E-state index contributed by atoms with van der Waals surface area (Å²) in [7, 11) is 1.66. The van der Waals surface area contributed by atoms with E-state index in [1.165, 1.54) is 5.56 Å². The average Bonchev–Trinajstić information content (AvgIpc) is 2.61. The number of ether oxygens (including phenoxy) is 2. The van der Waals surface area contributed by atoms with Crippen molar-refractivity contribution in [1.29, 1.82) is 0 Å². The van der Waals surface area contributed by atoms with Crippen LogP contribution in [0.3, 0.4) is 0 Å². The van der Waals surface area contributed by atoms with Gasteiger partial charge in [-0.15, -0.1) is 24.0 Å². The quantitative estimate of drug-likeness (QED) is 0.337. The lowest BCUT2D eigenvalue weighted by Crippen LogP contribution is -2.27. The van der Waals surface area contributed by atoms with Crippen molar-refractivity contribution in [3.63, 3.8) is 0 Å². The van der Waals surface area contributed by atoms with Crippen LogP contribution < -0.4 is 20.5 Å². The van der Waals surface area contributed by atoms with Gasteiger partial charge in [0.2, 0.25) is 0 Å². The molecule has 27 heavy (non-hydrogen) atoms. The number of aliphatic imine (C=N–C) groups is 1. The lowest BCUT2D eigenvalue weighted by Gasteiger charge is -2.23. The normalized spacial score (nSPS) is 11.7. The van der Waals surface area contributed by atoms with Crippen molar-refractivity contribution in [3.8, 4) is 11.5 Å². The predicted molar refractivity (Wildman–Crippen MR) is 124 cm³/mol. The van der Waals surface area contributed by atoms with Gasteiger partial charge in [0.25, 0.3) is 0 Å². The van der Waals surface area contributed by atoms with Crippen LogP contribution in [-0.4, -0.2) is 25.7 Å². The first-order chi connectivity index (χ1) is 12.3. The molecule has 0 amide bonds.